The van der Waals surface area contributed by atoms with Gasteiger partial charge in [0.1, 0.15) is 5.82 Å². The Bertz CT molecular complexity index is 1120. The highest BCUT2D eigenvalue weighted by atomic mass is 32.2. The van der Waals surface area contributed by atoms with E-state index in [9.17, 15) is 22.4 Å². The second kappa shape index (κ2) is 7.29. The maximum absolute atomic E-state index is 13.4. The molecule has 0 aliphatic carbocycles. The molecule has 0 unspecified atom stereocenters. The number of benzene rings is 2. The summed E-state index contributed by atoms with van der Waals surface area (Å²) < 4.78 is 35.8. The smallest absolute Gasteiger partial charge is 0.292 e. The monoisotopic (exact) mass is 389 g/mol. The van der Waals surface area contributed by atoms with Crippen molar-refractivity contribution in [1.29, 1.82) is 0 Å². The molecule has 0 aliphatic rings. The Balaban J connectivity index is 1.62. The second-order valence-corrected chi connectivity index (χ2v) is 7.48. The number of primary sulfonamides is 1. The fourth-order valence-corrected chi connectivity index (χ4v) is 3.16. The van der Waals surface area contributed by atoms with Crippen molar-refractivity contribution in [3.05, 3.63) is 65.6 Å². The number of hydrogen-bond donors (Lipinski definition) is 3. The van der Waals surface area contributed by atoms with Gasteiger partial charge in [-0.1, -0.05) is 12.1 Å². The SMILES string of the molecule is NS(=O)(=O)c1ccc(CCNC(=O)C(=O)c2c[nH]c3ccc(F)cc23)cc1. The van der Waals surface area contributed by atoms with Gasteiger partial charge in [-0.25, -0.2) is 17.9 Å². The molecule has 2 aromatic carbocycles. The van der Waals surface area contributed by atoms with Gasteiger partial charge in [-0.05, 0) is 42.3 Å². The number of nitrogens with one attached hydrogen (secondary N) is 2. The van der Waals surface area contributed by atoms with Crippen molar-refractivity contribution < 1.29 is 22.4 Å². The predicted molar refractivity (Wildman–Crippen MR) is 97.1 cm³/mol. The zero-order valence-electron chi connectivity index (χ0n) is 14.0. The lowest BCUT2D eigenvalue weighted by molar-refractivity contribution is -0.116. The third-order valence-corrected chi connectivity index (χ3v) is 4.97. The first-order chi connectivity index (χ1) is 12.8. The van der Waals surface area contributed by atoms with Crippen LogP contribution in [0.5, 0.6) is 0 Å². The number of hydrogen-bond acceptors (Lipinski definition) is 4. The number of ketones is 1. The van der Waals surface area contributed by atoms with Crippen molar-refractivity contribution in [2.75, 3.05) is 6.54 Å². The van der Waals surface area contributed by atoms with Crippen LogP contribution in [0.1, 0.15) is 15.9 Å². The topological polar surface area (TPSA) is 122 Å². The van der Waals surface area contributed by atoms with E-state index < -0.39 is 27.5 Å². The van der Waals surface area contributed by atoms with Crippen LogP contribution in [-0.4, -0.2) is 31.6 Å². The molecule has 9 heteroatoms. The number of fused-ring (bicyclic) bond motifs is 1. The van der Waals surface area contributed by atoms with E-state index in [1.165, 1.54) is 36.5 Å². The maximum Gasteiger partial charge on any atom is 0.292 e. The molecule has 1 aromatic heterocycles. The number of amides is 1. The van der Waals surface area contributed by atoms with Crippen LogP contribution < -0.4 is 10.5 Å². The number of rotatable bonds is 6. The van der Waals surface area contributed by atoms with Crippen molar-refractivity contribution in [3.8, 4) is 0 Å². The van der Waals surface area contributed by atoms with Gasteiger partial charge in [-0.3, -0.25) is 9.59 Å². The van der Waals surface area contributed by atoms with Crippen molar-refractivity contribution in [1.82, 2.24) is 10.3 Å². The molecule has 3 aromatic rings. The predicted octanol–water partition coefficient (Wildman–Crippen LogP) is 1.50. The number of sulfonamides is 1. The number of H-pyrrole nitrogens is 1. The molecule has 7 nitrogen and oxygen atoms in total. The highest BCUT2D eigenvalue weighted by molar-refractivity contribution is 7.89. The quantitative estimate of drug-likeness (QED) is 0.437. The van der Waals surface area contributed by atoms with E-state index in [1.807, 2.05) is 0 Å². The molecule has 3 rings (SSSR count). The summed E-state index contributed by atoms with van der Waals surface area (Å²) in [5.41, 5.74) is 1.42. The molecule has 0 saturated heterocycles. The van der Waals surface area contributed by atoms with Gasteiger partial charge < -0.3 is 10.3 Å². The van der Waals surface area contributed by atoms with Crippen LogP contribution in [-0.2, 0) is 21.2 Å². The average Bonchev–Trinajstić information content (AvgIpc) is 3.03. The van der Waals surface area contributed by atoms with E-state index in [4.69, 9.17) is 5.14 Å². The first kappa shape index (κ1) is 18.7. The molecule has 0 saturated carbocycles. The maximum atomic E-state index is 13.4. The van der Waals surface area contributed by atoms with Gasteiger partial charge in [0.05, 0.1) is 10.5 Å². The molecule has 0 radical (unpaired) electrons. The third-order valence-electron chi connectivity index (χ3n) is 4.05. The fraction of sp³-hybridized carbons (Fsp3) is 0.111. The average molecular weight is 389 g/mol. The van der Waals surface area contributed by atoms with E-state index in [-0.39, 0.29) is 17.0 Å². The number of aromatic nitrogens is 1. The lowest BCUT2D eigenvalue weighted by Gasteiger charge is -2.05. The van der Waals surface area contributed by atoms with E-state index >= 15 is 0 Å². The van der Waals surface area contributed by atoms with Crippen LogP contribution in [0, 0.1) is 5.82 Å². The van der Waals surface area contributed by atoms with Crippen LogP contribution in [0.25, 0.3) is 10.9 Å². The van der Waals surface area contributed by atoms with Gasteiger partial charge in [0.2, 0.25) is 10.0 Å². The molecule has 0 atom stereocenters. The Morgan fingerprint density at radius 2 is 1.81 bits per heavy atom. The molecule has 0 bridgehead atoms. The van der Waals surface area contributed by atoms with Gasteiger partial charge in [-0.15, -0.1) is 0 Å². The molecule has 27 heavy (non-hydrogen) atoms. The number of carbonyl (C=O) groups is 2. The standard InChI is InChI=1S/C18H16FN3O4S/c19-12-3-6-16-14(9-12)15(10-22-16)17(23)18(24)21-8-7-11-1-4-13(5-2-11)27(20,25)26/h1-6,9-10,22H,7-8H2,(H,21,24)(H2,20,25,26). The van der Waals surface area contributed by atoms with Gasteiger partial charge >= 0.3 is 0 Å². The minimum atomic E-state index is -3.76. The van der Waals surface area contributed by atoms with Crippen LogP contribution in [0.2, 0.25) is 0 Å². The summed E-state index contributed by atoms with van der Waals surface area (Å²) in [7, 11) is -3.76. The lowest BCUT2D eigenvalue weighted by atomic mass is 10.1. The molecular formula is C18H16FN3O4S. The first-order valence-electron chi connectivity index (χ1n) is 7.96. The summed E-state index contributed by atoms with van der Waals surface area (Å²) >= 11 is 0. The molecule has 0 aliphatic heterocycles. The second-order valence-electron chi connectivity index (χ2n) is 5.92. The highest BCUT2D eigenvalue weighted by Gasteiger charge is 2.20. The summed E-state index contributed by atoms with van der Waals surface area (Å²) in [5.74, 6) is -2.07. The van der Waals surface area contributed by atoms with E-state index in [1.54, 1.807) is 12.1 Å². The Labute approximate surface area is 154 Å². The van der Waals surface area contributed by atoms with Crippen LogP contribution >= 0.6 is 0 Å². The van der Waals surface area contributed by atoms with E-state index in [0.29, 0.717) is 17.3 Å². The number of nitrogens with two attached hydrogens (primary N) is 1. The van der Waals surface area contributed by atoms with Crippen molar-refractivity contribution >= 4 is 32.6 Å². The van der Waals surface area contributed by atoms with Crippen LogP contribution in [0.15, 0.2) is 53.6 Å². The van der Waals surface area contributed by atoms with Crippen molar-refractivity contribution in [2.45, 2.75) is 11.3 Å². The zero-order valence-corrected chi connectivity index (χ0v) is 14.8. The Kier molecular flexibility index (Phi) is 5.06. The first-order valence-corrected chi connectivity index (χ1v) is 9.51. The minimum Gasteiger partial charge on any atom is -0.360 e. The molecule has 4 N–H and O–H groups in total. The molecule has 0 fully saturated rings. The number of halogens is 1. The van der Waals surface area contributed by atoms with Crippen molar-refractivity contribution in [3.63, 3.8) is 0 Å². The molecule has 0 spiro atoms. The highest BCUT2D eigenvalue weighted by Crippen LogP contribution is 2.20. The van der Waals surface area contributed by atoms with Gasteiger partial charge in [0, 0.05) is 23.6 Å². The van der Waals surface area contributed by atoms with E-state index in [2.05, 4.69) is 10.3 Å². The normalized spacial score (nSPS) is 11.5. The molecule has 1 amide bonds. The zero-order chi connectivity index (χ0) is 19.6. The Morgan fingerprint density at radius 3 is 2.48 bits per heavy atom. The summed E-state index contributed by atoms with van der Waals surface area (Å²) in [5, 5.41) is 7.87. The minimum absolute atomic E-state index is 0.00275. The fourth-order valence-electron chi connectivity index (χ4n) is 2.65. The molecule has 140 valence electrons. The van der Waals surface area contributed by atoms with Crippen molar-refractivity contribution in [2.24, 2.45) is 5.14 Å². The molecular weight excluding hydrogens is 373 g/mol. The largest absolute Gasteiger partial charge is 0.360 e. The Hall–Kier alpha value is -3.04. The summed E-state index contributed by atoms with van der Waals surface area (Å²) in [6.45, 7) is 0.177. The lowest BCUT2D eigenvalue weighted by Crippen LogP contribution is -2.32. The summed E-state index contributed by atoms with van der Waals surface area (Å²) in [6.07, 6.45) is 1.77. The molecule has 1 heterocycles. The summed E-state index contributed by atoms with van der Waals surface area (Å²) in [4.78, 5) is 27.2. The Morgan fingerprint density at radius 1 is 1.11 bits per heavy atom. The number of Topliss-reactive ketones (excluding diaryl/α,β-unsaturated/α-hetero) is 1. The van der Waals surface area contributed by atoms with Crippen LogP contribution in [0.3, 0.4) is 0 Å². The van der Waals surface area contributed by atoms with Crippen LogP contribution in [0.4, 0.5) is 4.39 Å². The van der Waals surface area contributed by atoms with Gasteiger partial charge in [-0.2, -0.15) is 0 Å². The summed E-state index contributed by atoms with van der Waals surface area (Å²) in [6, 6.07) is 9.85. The van der Waals surface area contributed by atoms with Gasteiger partial charge in [0.25, 0.3) is 11.7 Å². The van der Waals surface area contributed by atoms with Gasteiger partial charge in [0.15, 0.2) is 0 Å². The number of aromatic amines is 1. The van der Waals surface area contributed by atoms with E-state index in [0.717, 1.165) is 5.56 Å². The third kappa shape index (κ3) is 4.21. The number of carbonyl (C=O) groups excluding carboxylic acids is 2.